The predicted molar refractivity (Wildman–Crippen MR) is 105 cm³/mol. The zero-order chi connectivity index (χ0) is 15.7. The van der Waals surface area contributed by atoms with Gasteiger partial charge < -0.3 is 10.2 Å². The highest BCUT2D eigenvalue weighted by Gasteiger charge is 2.57. The van der Waals surface area contributed by atoms with Gasteiger partial charge in [0.15, 0.2) is 0 Å². The van der Waals surface area contributed by atoms with Gasteiger partial charge in [0.1, 0.15) is 6.54 Å². The maximum Gasteiger partial charge on any atom is 0.244 e. The van der Waals surface area contributed by atoms with Crippen molar-refractivity contribution in [3.05, 3.63) is 40.8 Å². The Kier molecular flexibility index (Phi) is 6.91. The Labute approximate surface area is 164 Å². The third kappa shape index (κ3) is 4.37. The van der Waals surface area contributed by atoms with E-state index in [1.54, 1.807) is 22.2 Å². The van der Waals surface area contributed by atoms with Crippen LogP contribution in [0.4, 0.5) is 0 Å². The minimum atomic E-state index is 0. The Morgan fingerprint density at radius 2 is 2.20 bits per heavy atom. The van der Waals surface area contributed by atoms with Gasteiger partial charge in [-0.05, 0) is 66.2 Å². The number of thiophene rings is 1. The molecule has 0 aromatic carbocycles. The number of piperidine rings is 1. The Morgan fingerprint density at radius 1 is 1.40 bits per heavy atom. The molecule has 2 aromatic heterocycles. The number of carbonyl (C=O) groups excluding carboxylic acids is 1. The Bertz CT molecular complexity index is 656. The van der Waals surface area contributed by atoms with E-state index in [-0.39, 0.29) is 30.7 Å². The number of carbonyl (C=O) groups is 1. The van der Waals surface area contributed by atoms with E-state index in [0.717, 1.165) is 26.1 Å². The SMILES string of the molecule is Cl.Cl.O=C(Cn1cccn1)N(Cc1ccsc1)C1CC12CCNCC2. The van der Waals surface area contributed by atoms with Gasteiger partial charge in [-0.1, -0.05) is 0 Å². The minimum Gasteiger partial charge on any atom is -0.333 e. The number of rotatable bonds is 5. The predicted octanol–water partition coefficient (Wildman–Crippen LogP) is 2.96. The van der Waals surface area contributed by atoms with E-state index >= 15 is 0 Å². The molecule has 1 unspecified atom stereocenters. The van der Waals surface area contributed by atoms with Crippen LogP contribution in [0.1, 0.15) is 24.8 Å². The number of hydrogen-bond acceptors (Lipinski definition) is 4. The van der Waals surface area contributed by atoms with Crippen molar-refractivity contribution in [2.75, 3.05) is 13.1 Å². The van der Waals surface area contributed by atoms with Gasteiger partial charge in [0.05, 0.1) is 0 Å². The number of aromatic nitrogens is 2. The maximum absolute atomic E-state index is 12.9. The molecule has 1 N–H and O–H groups in total. The van der Waals surface area contributed by atoms with Crippen molar-refractivity contribution in [3.63, 3.8) is 0 Å². The first-order chi connectivity index (χ1) is 11.3. The van der Waals surface area contributed by atoms with E-state index in [4.69, 9.17) is 0 Å². The minimum absolute atomic E-state index is 0. The van der Waals surface area contributed by atoms with Gasteiger partial charge in [0.2, 0.25) is 5.91 Å². The van der Waals surface area contributed by atoms with Gasteiger partial charge in [0.25, 0.3) is 0 Å². The highest BCUT2D eigenvalue weighted by molar-refractivity contribution is 7.07. The summed E-state index contributed by atoms with van der Waals surface area (Å²) in [6, 6.07) is 4.38. The van der Waals surface area contributed by atoms with E-state index in [1.807, 2.05) is 12.3 Å². The molecular weight excluding hydrogens is 379 g/mol. The molecule has 1 aliphatic carbocycles. The van der Waals surface area contributed by atoms with Crippen LogP contribution in [0.3, 0.4) is 0 Å². The van der Waals surface area contributed by atoms with Crippen LogP contribution in [0.15, 0.2) is 35.3 Å². The molecule has 4 rings (SSSR count). The molecule has 3 heterocycles. The Morgan fingerprint density at radius 3 is 2.84 bits per heavy atom. The average Bonchev–Trinajstić information content (AvgIpc) is 2.99. The van der Waals surface area contributed by atoms with Gasteiger partial charge >= 0.3 is 0 Å². The lowest BCUT2D eigenvalue weighted by atomic mass is 9.93. The summed E-state index contributed by atoms with van der Waals surface area (Å²) < 4.78 is 1.72. The summed E-state index contributed by atoms with van der Waals surface area (Å²) in [5.74, 6) is 0.181. The number of nitrogens with one attached hydrogen (secondary N) is 1. The molecule has 1 saturated carbocycles. The summed E-state index contributed by atoms with van der Waals surface area (Å²) in [5, 5.41) is 11.8. The topological polar surface area (TPSA) is 50.2 Å². The first-order valence-electron chi connectivity index (χ1n) is 8.26. The zero-order valence-corrected chi connectivity index (χ0v) is 16.4. The van der Waals surface area contributed by atoms with Gasteiger partial charge in [-0.2, -0.15) is 16.4 Å². The fraction of sp³-hybridized carbons (Fsp3) is 0.529. The zero-order valence-electron chi connectivity index (χ0n) is 14.0. The molecule has 1 saturated heterocycles. The van der Waals surface area contributed by atoms with Gasteiger partial charge in [-0.3, -0.25) is 9.48 Å². The highest BCUT2D eigenvalue weighted by Crippen LogP contribution is 2.56. The van der Waals surface area contributed by atoms with E-state index in [1.165, 1.54) is 18.4 Å². The van der Waals surface area contributed by atoms with Crippen LogP contribution in [-0.2, 0) is 17.9 Å². The van der Waals surface area contributed by atoms with E-state index < -0.39 is 0 Å². The number of hydrogen-bond donors (Lipinski definition) is 1. The normalized spacial score (nSPS) is 20.4. The molecule has 5 nitrogen and oxygen atoms in total. The third-order valence-corrected chi connectivity index (χ3v) is 5.96. The fourth-order valence-corrected chi connectivity index (χ4v) is 4.46. The van der Waals surface area contributed by atoms with Crippen molar-refractivity contribution in [3.8, 4) is 0 Å². The second-order valence-electron chi connectivity index (χ2n) is 6.69. The fourth-order valence-electron chi connectivity index (χ4n) is 3.80. The number of amides is 1. The standard InChI is InChI=1S/C17H22N4OS.2ClH/c22-16(12-20-8-1-5-19-20)21(11-14-2-9-23-13-14)15-10-17(15)3-6-18-7-4-17;;/h1-2,5,8-9,13,15,18H,3-4,6-7,10-12H2;2*1H. The molecule has 2 fully saturated rings. The van der Waals surface area contributed by atoms with Crippen molar-refractivity contribution >= 4 is 42.1 Å². The molecule has 2 aromatic rings. The second kappa shape index (κ2) is 8.54. The molecule has 138 valence electrons. The average molecular weight is 403 g/mol. The van der Waals surface area contributed by atoms with Crippen LogP contribution < -0.4 is 5.32 Å². The summed E-state index contributed by atoms with van der Waals surface area (Å²) in [5.41, 5.74) is 1.60. The molecule has 1 spiro atoms. The summed E-state index contributed by atoms with van der Waals surface area (Å²) in [4.78, 5) is 15.0. The Balaban J connectivity index is 0.00000113. The van der Waals surface area contributed by atoms with Crippen molar-refractivity contribution < 1.29 is 4.79 Å². The first-order valence-corrected chi connectivity index (χ1v) is 9.20. The van der Waals surface area contributed by atoms with Crippen molar-refractivity contribution in [2.24, 2.45) is 5.41 Å². The van der Waals surface area contributed by atoms with Crippen LogP contribution in [-0.4, -0.2) is 39.7 Å². The Hall–Kier alpha value is -1.08. The second-order valence-corrected chi connectivity index (χ2v) is 7.47. The summed E-state index contributed by atoms with van der Waals surface area (Å²) in [6.07, 6.45) is 7.11. The smallest absolute Gasteiger partial charge is 0.244 e. The van der Waals surface area contributed by atoms with Crippen LogP contribution in [0.5, 0.6) is 0 Å². The molecule has 0 radical (unpaired) electrons. The largest absolute Gasteiger partial charge is 0.333 e. The third-order valence-electron chi connectivity index (χ3n) is 5.23. The van der Waals surface area contributed by atoms with E-state index in [2.05, 4.69) is 32.1 Å². The van der Waals surface area contributed by atoms with Crippen LogP contribution in [0.2, 0.25) is 0 Å². The van der Waals surface area contributed by atoms with E-state index in [0.29, 0.717) is 18.0 Å². The number of nitrogens with zero attached hydrogens (tertiary/aromatic N) is 3. The first kappa shape index (κ1) is 20.2. The lowest BCUT2D eigenvalue weighted by molar-refractivity contribution is -0.134. The molecular formula is C17H24Cl2N4OS. The van der Waals surface area contributed by atoms with Gasteiger partial charge in [-0.25, -0.2) is 0 Å². The summed E-state index contributed by atoms with van der Waals surface area (Å²) >= 11 is 1.69. The molecule has 0 bridgehead atoms. The molecule has 25 heavy (non-hydrogen) atoms. The van der Waals surface area contributed by atoms with Crippen molar-refractivity contribution in [1.82, 2.24) is 20.0 Å². The molecule has 1 aliphatic heterocycles. The highest BCUT2D eigenvalue weighted by atomic mass is 35.5. The van der Waals surface area contributed by atoms with Gasteiger partial charge in [-0.15, -0.1) is 24.8 Å². The lowest BCUT2D eigenvalue weighted by Crippen LogP contribution is -2.40. The molecule has 1 atom stereocenters. The monoisotopic (exact) mass is 402 g/mol. The summed E-state index contributed by atoms with van der Waals surface area (Å²) in [7, 11) is 0. The van der Waals surface area contributed by atoms with Gasteiger partial charge in [0, 0.05) is 25.0 Å². The number of halogens is 2. The molecule has 2 aliphatic rings. The van der Waals surface area contributed by atoms with Crippen molar-refractivity contribution in [1.29, 1.82) is 0 Å². The van der Waals surface area contributed by atoms with E-state index in [9.17, 15) is 4.79 Å². The lowest BCUT2D eigenvalue weighted by Gasteiger charge is -2.29. The maximum atomic E-state index is 12.9. The molecule has 1 amide bonds. The van der Waals surface area contributed by atoms with Crippen LogP contribution in [0, 0.1) is 5.41 Å². The van der Waals surface area contributed by atoms with Crippen LogP contribution in [0.25, 0.3) is 0 Å². The van der Waals surface area contributed by atoms with Crippen molar-refractivity contribution in [2.45, 2.75) is 38.4 Å². The molecule has 8 heteroatoms. The van der Waals surface area contributed by atoms with Crippen LogP contribution >= 0.6 is 36.2 Å². The summed E-state index contributed by atoms with van der Waals surface area (Å²) in [6.45, 7) is 3.22. The quantitative estimate of drug-likeness (QED) is 0.835.